The van der Waals surface area contributed by atoms with Crippen LogP contribution >= 0.6 is 0 Å². The molecule has 2 aromatic heterocycles. The topological polar surface area (TPSA) is 87.8 Å². The first-order valence-corrected chi connectivity index (χ1v) is 15.4. The number of anilines is 1. The molecule has 1 N–H and O–H groups in total. The van der Waals surface area contributed by atoms with E-state index in [9.17, 15) is 37.1 Å². The summed E-state index contributed by atoms with van der Waals surface area (Å²) >= 11 is 0. The van der Waals surface area contributed by atoms with Crippen molar-refractivity contribution in [2.75, 3.05) is 31.1 Å². The third kappa shape index (κ3) is 7.18. The molecule has 3 heterocycles. The Morgan fingerprint density at radius 3 is 2.12 bits per heavy atom. The Morgan fingerprint density at radius 1 is 0.776 bits per heavy atom. The van der Waals surface area contributed by atoms with E-state index >= 15 is 0 Å². The Balaban J connectivity index is 1.21. The van der Waals surface area contributed by atoms with E-state index in [-0.39, 0.29) is 30.8 Å². The first-order valence-electron chi connectivity index (χ1n) is 15.4. The molecule has 6 rings (SSSR count). The van der Waals surface area contributed by atoms with Crippen LogP contribution in [0.5, 0.6) is 0 Å². The fourth-order valence-electron chi connectivity index (χ4n) is 5.77. The molecule has 1 fully saturated rings. The highest BCUT2D eigenvalue weighted by Gasteiger charge is 2.26. The van der Waals surface area contributed by atoms with Crippen molar-refractivity contribution in [1.82, 2.24) is 14.0 Å². The molecule has 49 heavy (non-hydrogen) atoms. The fourth-order valence-corrected chi connectivity index (χ4v) is 5.77. The minimum Gasteiger partial charge on any atom is -0.507 e. The molecule has 1 aliphatic rings. The van der Waals surface area contributed by atoms with E-state index in [1.54, 1.807) is 6.07 Å². The van der Waals surface area contributed by atoms with E-state index in [2.05, 4.69) is 4.90 Å². The standard InChI is InChI=1S/C37H30F4N4O4/c38-30-6-2-1-5-25(30)23-45-22-24(19-28-31(39)11-12-32(40)35(28)41)20-29(36(45)48)33(46)21-34(47)37(49)44-17-15-43(16-18-44)27-9-7-26(8-10-27)42-13-3-4-14-42/h1-14,20-22,46H,15-19,23H2/b33-21+. The number of amides is 1. The molecular formula is C37H30F4N4O4. The number of benzene rings is 3. The van der Waals surface area contributed by atoms with Gasteiger partial charge in [0.05, 0.1) is 12.1 Å². The van der Waals surface area contributed by atoms with Gasteiger partial charge in [0.2, 0.25) is 5.78 Å². The van der Waals surface area contributed by atoms with Gasteiger partial charge in [-0.2, -0.15) is 0 Å². The van der Waals surface area contributed by atoms with Crippen LogP contribution in [0.3, 0.4) is 0 Å². The molecule has 3 aromatic carbocycles. The van der Waals surface area contributed by atoms with Gasteiger partial charge in [-0.1, -0.05) is 18.2 Å². The number of carbonyl (C=O) groups is 2. The Hall–Kier alpha value is -5.91. The van der Waals surface area contributed by atoms with Crippen molar-refractivity contribution in [3.8, 4) is 5.69 Å². The van der Waals surface area contributed by atoms with Crippen molar-refractivity contribution in [2.24, 2.45) is 0 Å². The molecule has 5 aromatic rings. The molecule has 1 saturated heterocycles. The predicted octanol–water partition coefficient (Wildman–Crippen LogP) is 5.65. The lowest BCUT2D eigenvalue weighted by atomic mass is 10.0. The first-order chi connectivity index (χ1) is 23.6. The summed E-state index contributed by atoms with van der Waals surface area (Å²) in [5.74, 6) is -7.22. The molecule has 0 unspecified atom stereocenters. The number of aromatic nitrogens is 2. The van der Waals surface area contributed by atoms with Crippen molar-refractivity contribution in [2.45, 2.75) is 13.0 Å². The number of hydrogen-bond donors (Lipinski definition) is 1. The summed E-state index contributed by atoms with van der Waals surface area (Å²) in [4.78, 5) is 43.0. The van der Waals surface area contributed by atoms with E-state index in [1.807, 2.05) is 53.4 Å². The average Bonchev–Trinajstić information content (AvgIpc) is 3.66. The van der Waals surface area contributed by atoms with Gasteiger partial charge in [0.1, 0.15) is 17.4 Å². The van der Waals surface area contributed by atoms with Gasteiger partial charge in [-0.15, -0.1) is 0 Å². The Labute approximate surface area is 278 Å². The number of ketones is 1. The van der Waals surface area contributed by atoms with Crippen LogP contribution < -0.4 is 10.5 Å². The number of carbonyl (C=O) groups excluding carboxylic acids is 2. The van der Waals surface area contributed by atoms with E-state index in [0.29, 0.717) is 25.2 Å². The Kier molecular flexibility index (Phi) is 9.47. The van der Waals surface area contributed by atoms with Crippen molar-refractivity contribution < 1.29 is 32.3 Å². The largest absolute Gasteiger partial charge is 0.507 e. The number of aliphatic hydroxyl groups excluding tert-OH is 1. The molecule has 1 aliphatic heterocycles. The second kappa shape index (κ2) is 14.1. The minimum absolute atomic E-state index is 0.0468. The molecule has 0 spiro atoms. The van der Waals surface area contributed by atoms with Crippen LogP contribution in [0.1, 0.15) is 22.3 Å². The molecular weight excluding hydrogens is 640 g/mol. The molecule has 0 radical (unpaired) electrons. The van der Waals surface area contributed by atoms with Crippen molar-refractivity contribution in [1.29, 1.82) is 0 Å². The summed E-state index contributed by atoms with van der Waals surface area (Å²) in [6, 6.07) is 19.9. The monoisotopic (exact) mass is 670 g/mol. The summed E-state index contributed by atoms with van der Waals surface area (Å²) in [5.41, 5.74) is 0.131. The van der Waals surface area contributed by atoms with Gasteiger partial charge in [0.15, 0.2) is 11.6 Å². The lowest BCUT2D eigenvalue weighted by Crippen LogP contribution is -2.50. The Morgan fingerprint density at radius 2 is 1.43 bits per heavy atom. The summed E-state index contributed by atoms with van der Waals surface area (Å²) in [5, 5.41) is 11.0. The summed E-state index contributed by atoms with van der Waals surface area (Å²) < 4.78 is 60.4. The van der Waals surface area contributed by atoms with Crippen LogP contribution in [0.4, 0.5) is 23.2 Å². The van der Waals surface area contributed by atoms with Crippen LogP contribution in [0.15, 0.2) is 108 Å². The SMILES string of the molecule is O=C(/C=C(/O)c1cc(Cc2c(F)ccc(F)c2F)cn(Cc2ccccc2F)c1=O)C(=O)N1CCN(c2ccc(-n3cccc3)cc2)CC1. The zero-order valence-electron chi connectivity index (χ0n) is 26.0. The summed E-state index contributed by atoms with van der Waals surface area (Å²) in [7, 11) is 0. The van der Waals surface area contributed by atoms with Gasteiger partial charge in [-0.25, -0.2) is 17.6 Å². The fraction of sp³-hybridized carbons (Fsp3) is 0.162. The van der Waals surface area contributed by atoms with Crippen LogP contribution in [-0.4, -0.2) is 57.0 Å². The highest BCUT2D eigenvalue weighted by atomic mass is 19.2. The maximum atomic E-state index is 14.5. The number of rotatable bonds is 9. The zero-order chi connectivity index (χ0) is 34.7. The summed E-state index contributed by atoms with van der Waals surface area (Å²) in [6.45, 7) is 1.03. The third-order valence-corrected chi connectivity index (χ3v) is 8.40. The van der Waals surface area contributed by atoms with E-state index in [4.69, 9.17) is 0 Å². The molecule has 250 valence electrons. The van der Waals surface area contributed by atoms with Gasteiger partial charge < -0.3 is 24.0 Å². The van der Waals surface area contributed by atoms with Crippen molar-refractivity contribution in [3.05, 3.63) is 159 Å². The average molecular weight is 671 g/mol. The molecule has 0 atom stereocenters. The smallest absolute Gasteiger partial charge is 0.294 e. The molecule has 0 bridgehead atoms. The van der Waals surface area contributed by atoms with Gasteiger partial charge >= 0.3 is 0 Å². The Bertz CT molecular complexity index is 2100. The maximum Gasteiger partial charge on any atom is 0.294 e. The van der Waals surface area contributed by atoms with E-state index in [1.165, 1.54) is 29.3 Å². The van der Waals surface area contributed by atoms with E-state index in [0.717, 1.165) is 28.1 Å². The molecule has 12 heteroatoms. The quantitative estimate of drug-likeness (QED) is 0.0721. The van der Waals surface area contributed by atoms with Gasteiger partial charge in [-0.3, -0.25) is 14.4 Å². The second-order valence-corrected chi connectivity index (χ2v) is 11.6. The van der Waals surface area contributed by atoms with Crippen LogP contribution in [0.25, 0.3) is 11.4 Å². The number of halogens is 4. The van der Waals surface area contributed by atoms with Gasteiger partial charge in [0, 0.05) is 79.8 Å². The third-order valence-electron chi connectivity index (χ3n) is 8.40. The number of pyridine rings is 1. The molecule has 0 saturated carbocycles. The lowest BCUT2D eigenvalue weighted by molar-refractivity contribution is -0.142. The number of nitrogens with zero attached hydrogens (tertiary/aromatic N) is 4. The number of piperazine rings is 1. The van der Waals surface area contributed by atoms with E-state index < -0.39 is 63.8 Å². The summed E-state index contributed by atoms with van der Waals surface area (Å²) in [6.07, 6.45) is 5.16. The highest BCUT2D eigenvalue weighted by molar-refractivity contribution is 6.41. The minimum atomic E-state index is -1.43. The van der Waals surface area contributed by atoms with Crippen LogP contribution in [-0.2, 0) is 22.6 Å². The second-order valence-electron chi connectivity index (χ2n) is 11.6. The maximum absolute atomic E-state index is 14.5. The molecule has 8 nitrogen and oxygen atoms in total. The predicted molar refractivity (Wildman–Crippen MR) is 176 cm³/mol. The van der Waals surface area contributed by atoms with Crippen LogP contribution in [0.2, 0.25) is 0 Å². The number of hydrogen-bond acceptors (Lipinski definition) is 5. The number of aliphatic hydroxyl groups is 1. The van der Waals surface area contributed by atoms with Gasteiger partial charge in [0.25, 0.3) is 11.5 Å². The zero-order valence-corrected chi connectivity index (χ0v) is 26.0. The van der Waals surface area contributed by atoms with Crippen LogP contribution in [0, 0.1) is 23.3 Å². The molecule has 0 aliphatic carbocycles. The first kappa shape index (κ1) is 33.0. The van der Waals surface area contributed by atoms with Gasteiger partial charge in [-0.05, 0) is 66.2 Å². The van der Waals surface area contributed by atoms with Crippen molar-refractivity contribution in [3.63, 3.8) is 0 Å². The van der Waals surface area contributed by atoms with Crippen molar-refractivity contribution >= 4 is 23.1 Å². The normalized spacial score (nSPS) is 13.5. The molecule has 1 amide bonds. The highest BCUT2D eigenvalue weighted by Crippen LogP contribution is 2.22. The lowest BCUT2D eigenvalue weighted by Gasteiger charge is -2.35.